The maximum absolute atomic E-state index is 11.6. The van der Waals surface area contributed by atoms with E-state index in [1.165, 1.54) is 7.11 Å². The molecule has 1 aliphatic heterocycles. The number of carbonyl (C=O) groups is 2. The lowest BCUT2D eigenvalue weighted by atomic mass is 10.1. The molecule has 0 radical (unpaired) electrons. The molecule has 2 atom stereocenters. The summed E-state index contributed by atoms with van der Waals surface area (Å²) in [5, 5.41) is 2.67. The molecule has 5 nitrogen and oxygen atoms in total. The smallest absolute Gasteiger partial charge is 0.328 e. The Hall–Kier alpha value is -1.10. The van der Waals surface area contributed by atoms with Gasteiger partial charge in [-0.05, 0) is 12.8 Å². The first-order chi connectivity index (χ1) is 7.19. The molecule has 86 valence electrons. The van der Waals surface area contributed by atoms with Crippen molar-refractivity contribution >= 4 is 11.9 Å². The lowest BCUT2D eigenvalue weighted by Gasteiger charge is -2.16. The molecule has 0 aromatic rings. The van der Waals surface area contributed by atoms with E-state index in [0.717, 1.165) is 6.42 Å². The first-order valence-corrected chi connectivity index (χ1v) is 5.15. The lowest BCUT2D eigenvalue weighted by Crippen LogP contribution is -2.44. The van der Waals surface area contributed by atoms with E-state index in [1.807, 2.05) is 6.92 Å². The van der Waals surface area contributed by atoms with Crippen LogP contribution in [0.4, 0.5) is 0 Å². The number of amides is 1. The molecule has 0 bridgehead atoms. The van der Waals surface area contributed by atoms with E-state index in [0.29, 0.717) is 19.6 Å². The van der Waals surface area contributed by atoms with Gasteiger partial charge < -0.3 is 14.8 Å². The summed E-state index contributed by atoms with van der Waals surface area (Å²) in [6.07, 6.45) is 1.26. The van der Waals surface area contributed by atoms with Crippen LogP contribution in [0.5, 0.6) is 0 Å². The minimum Gasteiger partial charge on any atom is -0.467 e. The van der Waals surface area contributed by atoms with Gasteiger partial charge in [-0.3, -0.25) is 4.79 Å². The van der Waals surface area contributed by atoms with Crippen LogP contribution in [0, 0.1) is 5.92 Å². The van der Waals surface area contributed by atoms with Crippen molar-refractivity contribution in [1.29, 1.82) is 0 Å². The van der Waals surface area contributed by atoms with Crippen LogP contribution in [0.15, 0.2) is 0 Å². The maximum atomic E-state index is 11.6. The Bertz CT molecular complexity index is 236. The first-order valence-electron chi connectivity index (χ1n) is 5.15. The fraction of sp³-hybridized carbons (Fsp3) is 0.800. The molecule has 1 aliphatic rings. The molecule has 1 fully saturated rings. The largest absolute Gasteiger partial charge is 0.467 e. The number of hydrogen-bond acceptors (Lipinski definition) is 4. The van der Waals surface area contributed by atoms with Gasteiger partial charge in [0.2, 0.25) is 5.91 Å². The van der Waals surface area contributed by atoms with Gasteiger partial charge in [0.15, 0.2) is 0 Å². The highest BCUT2D eigenvalue weighted by Crippen LogP contribution is 2.12. The Balaban J connectivity index is 2.43. The van der Waals surface area contributed by atoms with Crippen molar-refractivity contribution < 1.29 is 19.1 Å². The van der Waals surface area contributed by atoms with Crippen LogP contribution in [0.1, 0.15) is 19.8 Å². The highest BCUT2D eigenvalue weighted by Gasteiger charge is 2.27. The monoisotopic (exact) mass is 215 g/mol. The summed E-state index contributed by atoms with van der Waals surface area (Å²) in [6.45, 7) is 2.89. The number of hydrogen-bond donors (Lipinski definition) is 1. The van der Waals surface area contributed by atoms with E-state index < -0.39 is 12.0 Å². The first kappa shape index (κ1) is 12.0. The number of esters is 1. The summed E-state index contributed by atoms with van der Waals surface area (Å²) in [7, 11) is 1.32. The minimum absolute atomic E-state index is 0.121. The molecule has 1 N–H and O–H groups in total. The Kier molecular flexibility index (Phi) is 4.55. The fourth-order valence-electron chi connectivity index (χ4n) is 1.50. The van der Waals surface area contributed by atoms with Crippen molar-refractivity contribution in [2.24, 2.45) is 5.92 Å². The van der Waals surface area contributed by atoms with Crippen LogP contribution < -0.4 is 5.32 Å². The van der Waals surface area contributed by atoms with E-state index in [4.69, 9.17) is 4.74 Å². The quantitative estimate of drug-likeness (QED) is 0.675. The SMILES string of the molecule is CC[C@H](NC(=O)[C@H]1CCOC1)C(=O)OC. The molecule has 1 rings (SSSR count). The van der Waals surface area contributed by atoms with Crippen molar-refractivity contribution in [3.63, 3.8) is 0 Å². The van der Waals surface area contributed by atoms with Gasteiger partial charge >= 0.3 is 5.97 Å². The topological polar surface area (TPSA) is 64.6 Å². The second-order valence-corrected chi connectivity index (χ2v) is 3.55. The van der Waals surface area contributed by atoms with Gasteiger partial charge in [0.05, 0.1) is 19.6 Å². The molecule has 1 amide bonds. The average Bonchev–Trinajstić information content (AvgIpc) is 2.77. The van der Waals surface area contributed by atoms with Gasteiger partial charge in [0.25, 0.3) is 0 Å². The molecule has 0 aliphatic carbocycles. The summed E-state index contributed by atoms with van der Waals surface area (Å²) in [4.78, 5) is 22.9. The highest BCUT2D eigenvalue weighted by molar-refractivity contribution is 5.85. The van der Waals surface area contributed by atoms with E-state index in [1.54, 1.807) is 0 Å². The molecule has 0 aromatic carbocycles. The van der Waals surface area contributed by atoms with Crippen LogP contribution in [-0.2, 0) is 19.1 Å². The van der Waals surface area contributed by atoms with Crippen molar-refractivity contribution in [3.05, 3.63) is 0 Å². The predicted molar refractivity (Wildman–Crippen MR) is 53.2 cm³/mol. The van der Waals surface area contributed by atoms with Gasteiger partial charge in [0, 0.05) is 6.61 Å². The van der Waals surface area contributed by atoms with E-state index in [9.17, 15) is 9.59 Å². The molecule has 1 saturated heterocycles. The molecule has 0 saturated carbocycles. The van der Waals surface area contributed by atoms with Crippen LogP contribution in [-0.4, -0.2) is 38.2 Å². The number of carbonyl (C=O) groups excluding carboxylic acids is 2. The number of methoxy groups -OCH3 is 1. The Morgan fingerprint density at radius 2 is 2.33 bits per heavy atom. The number of rotatable bonds is 4. The van der Waals surface area contributed by atoms with Crippen LogP contribution in [0.3, 0.4) is 0 Å². The third-order valence-electron chi connectivity index (χ3n) is 2.51. The summed E-state index contributed by atoms with van der Waals surface area (Å²) < 4.78 is 9.69. The summed E-state index contributed by atoms with van der Waals surface area (Å²) in [6, 6.07) is -0.539. The highest BCUT2D eigenvalue weighted by atomic mass is 16.5. The number of ether oxygens (including phenoxy) is 2. The van der Waals surface area contributed by atoms with Gasteiger partial charge in [-0.1, -0.05) is 6.92 Å². The van der Waals surface area contributed by atoms with E-state index in [2.05, 4.69) is 10.1 Å². The summed E-state index contributed by atoms with van der Waals surface area (Å²) >= 11 is 0. The van der Waals surface area contributed by atoms with Gasteiger partial charge in [-0.2, -0.15) is 0 Å². The van der Waals surface area contributed by atoms with Crippen molar-refractivity contribution in [2.45, 2.75) is 25.8 Å². The van der Waals surface area contributed by atoms with Gasteiger partial charge in [0.1, 0.15) is 6.04 Å². The maximum Gasteiger partial charge on any atom is 0.328 e. The molecule has 0 unspecified atom stereocenters. The molecular formula is C10H17NO4. The second kappa shape index (κ2) is 5.70. The zero-order valence-electron chi connectivity index (χ0n) is 9.12. The molecule has 0 spiro atoms. The molecule has 0 aromatic heterocycles. The van der Waals surface area contributed by atoms with E-state index >= 15 is 0 Å². The predicted octanol–water partition coefficient (Wildman–Crippen LogP) is 0.0907. The Morgan fingerprint density at radius 3 is 2.80 bits per heavy atom. The van der Waals surface area contributed by atoms with Gasteiger partial charge in [-0.25, -0.2) is 4.79 Å². The van der Waals surface area contributed by atoms with Crippen LogP contribution in [0.2, 0.25) is 0 Å². The molecule has 5 heteroatoms. The third kappa shape index (κ3) is 3.20. The minimum atomic E-state index is -0.539. The Labute approximate surface area is 89.1 Å². The molecule has 15 heavy (non-hydrogen) atoms. The van der Waals surface area contributed by atoms with E-state index in [-0.39, 0.29) is 11.8 Å². The van der Waals surface area contributed by atoms with Crippen LogP contribution >= 0.6 is 0 Å². The van der Waals surface area contributed by atoms with Crippen LogP contribution in [0.25, 0.3) is 0 Å². The normalized spacial score (nSPS) is 22.1. The van der Waals surface area contributed by atoms with Crippen molar-refractivity contribution in [1.82, 2.24) is 5.32 Å². The third-order valence-corrected chi connectivity index (χ3v) is 2.51. The fourth-order valence-corrected chi connectivity index (χ4v) is 1.50. The Morgan fingerprint density at radius 1 is 1.60 bits per heavy atom. The zero-order chi connectivity index (χ0) is 11.3. The average molecular weight is 215 g/mol. The second-order valence-electron chi connectivity index (χ2n) is 3.55. The summed E-state index contributed by atoms with van der Waals surface area (Å²) in [5.41, 5.74) is 0. The van der Waals surface area contributed by atoms with Crippen molar-refractivity contribution in [3.8, 4) is 0 Å². The van der Waals surface area contributed by atoms with Gasteiger partial charge in [-0.15, -0.1) is 0 Å². The standard InChI is InChI=1S/C10H17NO4/c1-3-8(10(13)14-2)11-9(12)7-4-5-15-6-7/h7-8H,3-6H2,1-2H3,(H,11,12)/t7-,8-/m0/s1. The summed E-state index contributed by atoms with van der Waals surface area (Å²) in [5.74, 6) is -0.641. The van der Waals surface area contributed by atoms with Crippen molar-refractivity contribution in [2.75, 3.05) is 20.3 Å². The molecular weight excluding hydrogens is 198 g/mol. The number of nitrogens with one attached hydrogen (secondary N) is 1. The zero-order valence-corrected chi connectivity index (χ0v) is 9.12. The lowest BCUT2D eigenvalue weighted by molar-refractivity contribution is -0.145. The molecule has 1 heterocycles.